The minimum Gasteiger partial charge on any atom is -0.468 e. The van der Waals surface area contributed by atoms with E-state index in [-0.39, 0.29) is 6.54 Å². The standard InChI is InChI=1S/C12H14ClNO4S/c1-14(9-12(15)18-2)19(16,17)8-7-10-3-5-11(13)6-4-10/h3-8H,9H2,1-2H3/b8-7+. The van der Waals surface area contributed by atoms with E-state index < -0.39 is 16.0 Å². The second kappa shape index (κ2) is 6.70. The third-order valence-electron chi connectivity index (χ3n) is 2.32. The van der Waals surface area contributed by atoms with E-state index in [0.717, 1.165) is 9.71 Å². The number of carbonyl (C=O) groups excluding carboxylic acids is 1. The summed E-state index contributed by atoms with van der Waals surface area (Å²) in [6.45, 7) is -0.330. The van der Waals surface area contributed by atoms with Crippen molar-refractivity contribution in [3.8, 4) is 0 Å². The van der Waals surface area contributed by atoms with Gasteiger partial charge in [0.25, 0.3) is 0 Å². The quantitative estimate of drug-likeness (QED) is 0.777. The zero-order valence-corrected chi connectivity index (χ0v) is 12.1. The molecule has 0 atom stereocenters. The summed E-state index contributed by atoms with van der Waals surface area (Å²) < 4.78 is 29.0. The van der Waals surface area contributed by atoms with E-state index in [1.807, 2.05) is 0 Å². The molecule has 0 radical (unpaired) electrons. The summed E-state index contributed by atoms with van der Waals surface area (Å²) in [5.74, 6) is -0.619. The van der Waals surface area contributed by atoms with Crippen molar-refractivity contribution < 1.29 is 17.9 Å². The highest BCUT2D eigenvalue weighted by atomic mass is 35.5. The third-order valence-corrected chi connectivity index (χ3v) is 4.05. The molecule has 7 heteroatoms. The van der Waals surface area contributed by atoms with Crippen LogP contribution in [0.15, 0.2) is 29.7 Å². The van der Waals surface area contributed by atoms with Gasteiger partial charge >= 0.3 is 5.97 Å². The molecule has 0 aliphatic carbocycles. The number of benzene rings is 1. The van der Waals surface area contributed by atoms with Crippen molar-refractivity contribution in [2.24, 2.45) is 0 Å². The molecular weight excluding hydrogens is 290 g/mol. The highest BCUT2D eigenvalue weighted by Crippen LogP contribution is 2.12. The lowest BCUT2D eigenvalue weighted by molar-refractivity contribution is -0.140. The maximum absolute atomic E-state index is 11.8. The Balaban J connectivity index is 2.78. The molecule has 104 valence electrons. The van der Waals surface area contributed by atoms with E-state index >= 15 is 0 Å². The number of likely N-dealkylation sites (N-methyl/N-ethyl adjacent to an activating group) is 1. The number of methoxy groups -OCH3 is 1. The molecule has 0 heterocycles. The molecule has 5 nitrogen and oxygen atoms in total. The molecule has 0 bridgehead atoms. The van der Waals surface area contributed by atoms with Gasteiger partial charge in [-0.1, -0.05) is 23.7 Å². The number of rotatable bonds is 5. The Morgan fingerprint density at radius 3 is 2.47 bits per heavy atom. The van der Waals surface area contributed by atoms with Crippen LogP contribution >= 0.6 is 11.6 Å². The highest BCUT2D eigenvalue weighted by Gasteiger charge is 2.17. The number of sulfonamides is 1. The molecule has 0 fully saturated rings. The van der Waals surface area contributed by atoms with Gasteiger partial charge in [0, 0.05) is 17.5 Å². The molecule has 0 N–H and O–H groups in total. The largest absolute Gasteiger partial charge is 0.468 e. The first-order valence-electron chi connectivity index (χ1n) is 5.32. The van der Waals surface area contributed by atoms with Crippen LogP contribution < -0.4 is 0 Å². The maximum Gasteiger partial charge on any atom is 0.321 e. The van der Waals surface area contributed by atoms with Crippen LogP contribution in [0.2, 0.25) is 5.02 Å². The minimum absolute atomic E-state index is 0.330. The molecule has 0 saturated heterocycles. The Morgan fingerprint density at radius 2 is 1.95 bits per heavy atom. The maximum atomic E-state index is 11.8. The van der Waals surface area contributed by atoms with Gasteiger partial charge in [0.15, 0.2) is 0 Å². The van der Waals surface area contributed by atoms with Crippen molar-refractivity contribution in [2.45, 2.75) is 0 Å². The Hall–Kier alpha value is -1.37. The summed E-state index contributed by atoms with van der Waals surface area (Å²) in [4.78, 5) is 11.0. The Bertz CT molecular complexity index is 566. The molecule has 0 amide bonds. The summed E-state index contributed by atoms with van der Waals surface area (Å²) in [6, 6.07) is 6.70. The lowest BCUT2D eigenvalue weighted by Gasteiger charge is -2.12. The minimum atomic E-state index is -3.65. The van der Waals surface area contributed by atoms with Crippen molar-refractivity contribution in [3.05, 3.63) is 40.3 Å². The van der Waals surface area contributed by atoms with Gasteiger partial charge in [-0.15, -0.1) is 0 Å². The number of halogens is 1. The summed E-state index contributed by atoms with van der Waals surface area (Å²) in [5.41, 5.74) is 0.694. The first-order chi connectivity index (χ1) is 8.85. The zero-order chi connectivity index (χ0) is 14.5. The number of nitrogens with zero attached hydrogens (tertiary/aromatic N) is 1. The summed E-state index contributed by atoms with van der Waals surface area (Å²) in [7, 11) is -1.15. The van der Waals surface area contributed by atoms with Gasteiger partial charge in [0.1, 0.15) is 6.54 Å². The predicted octanol–water partition coefficient (Wildman–Crippen LogP) is 1.75. The van der Waals surface area contributed by atoms with Crippen LogP contribution in [0.5, 0.6) is 0 Å². The average Bonchev–Trinajstić information content (AvgIpc) is 2.38. The van der Waals surface area contributed by atoms with Gasteiger partial charge in [0.2, 0.25) is 10.0 Å². The highest BCUT2D eigenvalue weighted by molar-refractivity contribution is 7.92. The molecule has 1 aromatic rings. The fourth-order valence-electron chi connectivity index (χ4n) is 1.18. The number of hydrogen-bond acceptors (Lipinski definition) is 4. The monoisotopic (exact) mass is 303 g/mol. The second-order valence-electron chi connectivity index (χ2n) is 3.73. The van der Waals surface area contributed by atoms with E-state index in [2.05, 4.69) is 4.74 Å². The van der Waals surface area contributed by atoms with Crippen molar-refractivity contribution in [3.63, 3.8) is 0 Å². The van der Waals surface area contributed by atoms with Crippen molar-refractivity contribution in [1.29, 1.82) is 0 Å². The zero-order valence-electron chi connectivity index (χ0n) is 10.5. The summed E-state index contributed by atoms with van der Waals surface area (Å²) >= 11 is 5.72. The van der Waals surface area contributed by atoms with Crippen LogP contribution in [0.3, 0.4) is 0 Å². The van der Waals surface area contributed by atoms with E-state index in [1.54, 1.807) is 24.3 Å². The second-order valence-corrected chi connectivity index (χ2v) is 6.09. The van der Waals surface area contributed by atoms with Crippen LogP contribution in [0.1, 0.15) is 5.56 Å². The Kier molecular flexibility index (Phi) is 5.53. The molecule has 0 unspecified atom stereocenters. The molecule has 0 aromatic heterocycles. The van der Waals surface area contributed by atoms with Crippen LogP contribution in [0, 0.1) is 0 Å². The number of hydrogen-bond donors (Lipinski definition) is 0. The van der Waals surface area contributed by atoms with Crippen LogP contribution in [0.25, 0.3) is 6.08 Å². The normalized spacial score (nSPS) is 12.0. The Labute approximate surface area is 117 Å². The fraction of sp³-hybridized carbons (Fsp3) is 0.250. The van der Waals surface area contributed by atoms with Gasteiger partial charge in [0.05, 0.1) is 7.11 Å². The van der Waals surface area contributed by atoms with Crippen molar-refractivity contribution >= 4 is 33.7 Å². The third kappa shape index (κ3) is 5.02. The van der Waals surface area contributed by atoms with E-state index in [0.29, 0.717) is 10.6 Å². The SMILES string of the molecule is COC(=O)CN(C)S(=O)(=O)/C=C/c1ccc(Cl)cc1. The Morgan fingerprint density at radius 1 is 1.37 bits per heavy atom. The molecule has 1 aromatic carbocycles. The predicted molar refractivity (Wildman–Crippen MR) is 74.1 cm³/mol. The van der Waals surface area contributed by atoms with Gasteiger partial charge in [-0.3, -0.25) is 4.79 Å². The average molecular weight is 304 g/mol. The van der Waals surface area contributed by atoms with Crippen molar-refractivity contribution in [1.82, 2.24) is 4.31 Å². The van der Waals surface area contributed by atoms with Gasteiger partial charge in [-0.2, -0.15) is 4.31 Å². The lowest BCUT2D eigenvalue weighted by Crippen LogP contribution is -2.31. The molecule has 1 rings (SSSR count). The molecule has 0 spiro atoms. The van der Waals surface area contributed by atoms with Crippen LogP contribution in [0.4, 0.5) is 0 Å². The molecule has 0 aliphatic rings. The summed E-state index contributed by atoms with van der Waals surface area (Å²) in [6.07, 6.45) is 1.43. The number of ether oxygens (including phenoxy) is 1. The van der Waals surface area contributed by atoms with Gasteiger partial charge in [-0.25, -0.2) is 8.42 Å². The van der Waals surface area contributed by atoms with Gasteiger partial charge < -0.3 is 4.74 Å². The van der Waals surface area contributed by atoms with Crippen molar-refractivity contribution in [2.75, 3.05) is 20.7 Å². The molecule has 0 saturated carbocycles. The fourth-order valence-corrected chi connectivity index (χ4v) is 2.13. The molecule has 0 aliphatic heterocycles. The number of esters is 1. The topological polar surface area (TPSA) is 63.7 Å². The van der Waals surface area contributed by atoms with E-state index in [9.17, 15) is 13.2 Å². The van der Waals surface area contributed by atoms with Gasteiger partial charge in [-0.05, 0) is 23.8 Å². The first kappa shape index (κ1) is 15.7. The van der Waals surface area contributed by atoms with E-state index in [4.69, 9.17) is 11.6 Å². The first-order valence-corrected chi connectivity index (χ1v) is 7.20. The molecule has 19 heavy (non-hydrogen) atoms. The van der Waals surface area contributed by atoms with E-state index in [1.165, 1.54) is 20.2 Å². The smallest absolute Gasteiger partial charge is 0.321 e. The summed E-state index contributed by atoms with van der Waals surface area (Å²) in [5, 5.41) is 1.60. The number of carbonyl (C=O) groups is 1. The van der Waals surface area contributed by atoms with Crippen LogP contribution in [-0.4, -0.2) is 39.4 Å². The lowest BCUT2D eigenvalue weighted by atomic mass is 10.2. The molecular formula is C12H14ClNO4S. The van der Waals surface area contributed by atoms with Crippen LogP contribution in [-0.2, 0) is 19.6 Å².